The molecule has 8 heteroatoms. The molecule has 3 rings (SSSR count). The Morgan fingerprint density at radius 3 is 2.26 bits per heavy atom. The second-order valence-corrected chi connectivity index (χ2v) is 4.69. The number of rotatable bonds is 4. The van der Waals surface area contributed by atoms with Crippen LogP contribution in [-0.4, -0.2) is 19.7 Å². The molecule has 2 heterocycles. The highest BCUT2D eigenvalue weighted by Crippen LogP contribution is 2.35. The van der Waals surface area contributed by atoms with Crippen LogP contribution in [0.15, 0.2) is 36.7 Å². The van der Waals surface area contributed by atoms with Crippen molar-refractivity contribution in [1.29, 1.82) is 0 Å². The number of aromatic nitrogens is 4. The first-order valence-corrected chi connectivity index (χ1v) is 6.65. The Labute approximate surface area is 130 Å². The highest BCUT2D eigenvalue weighted by Gasteiger charge is 2.18. The van der Waals surface area contributed by atoms with Crippen LogP contribution in [0.2, 0.25) is 0 Å². The fourth-order valence-electron chi connectivity index (χ4n) is 1.80. The molecule has 0 amide bonds. The van der Waals surface area contributed by atoms with E-state index in [4.69, 9.17) is 9.47 Å². The third kappa shape index (κ3) is 3.25. The summed E-state index contributed by atoms with van der Waals surface area (Å²) < 4.78 is 38.5. The Balaban J connectivity index is 1.90. The number of hydrogen-bond donors (Lipinski definition) is 0. The van der Waals surface area contributed by atoms with Crippen LogP contribution in [0.3, 0.4) is 0 Å². The fourth-order valence-corrected chi connectivity index (χ4v) is 1.80. The van der Waals surface area contributed by atoms with Crippen molar-refractivity contribution in [2.24, 2.45) is 7.05 Å². The lowest BCUT2D eigenvalue weighted by atomic mass is 10.3. The van der Waals surface area contributed by atoms with Gasteiger partial charge in [-0.25, -0.2) is 18.7 Å². The standard InChI is InChI=1S/C15H12F2N4O2/c1-9-13(22-12-5-3-10(16)4-6-12)14(20-21(9)2)23-15-18-7-11(17)8-19-15/h3-8H,1-2H3. The molecule has 2 aromatic heterocycles. The number of benzene rings is 1. The van der Waals surface area contributed by atoms with Crippen molar-refractivity contribution in [3.05, 3.63) is 54.0 Å². The van der Waals surface area contributed by atoms with Gasteiger partial charge in [0.05, 0.1) is 18.1 Å². The van der Waals surface area contributed by atoms with Gasteiger partial charge in [-0.1, -0.05) is 0 Å². The minimum atomic E-state index is -0.572. The molecule has 1 aromatic carbocycles. The van der Waals surface area contributed by atoms with E-state index in [1.807, 2.05) is 0 Å². The van der Waals surface area contributed by atoms with E-state index in [-0.39, 0.29) is 17.7 Å². The lowest BCUT2D eigenvalue weighted by Crippen LogP contribution is -1.95. The van der Waals surface area contributed by atoms with Gasteiger partial charge in [-0.2, -0.15) is 0 Å². The van der Waals surface area contributed by atoms with Crippen molar-refractivity contribution in [3.8, 4) is 23.4 Å². The van der Waals surface area contributed by atoms with E-state index >= 15 is 0 Å². The van der Waals surface area contributed by atoms with Gasteiger partial charge in [0.25, 0.3) is 5.88 Å². The summed E-state index contributed by atoms with van der Waals surface area (Å²) in [7, 11) is 1.71. The Hall–Kier alpha value is -3.03. The van der Waals surface area contributed by atoms with E-state index in [0.717, 1.165) is 12.4 Å². The molecular formula is C15H12F2N4O2. The van der Waals surface area contributed by atoms with Gasteiger partial charge in [-0.05, 0) is 31.2 Å². The van der Waals surface area contributed by atoms with Crippen LogP contribution in [0.4, 0.5) is 8.78 Å². The first-order chi connectivity index (χ1) is 11.0. The van der Waals surface area contributed by atoms with Gasteiger partial charge < -0.3 is 9.47 Å². The number of nitrogens with zero attached hydrogens (tertiary/aromatic N) is 4. The normalized spacial score (nSPS) is 10.6. The average molecular weight is 318 g/mol. The van der Waals surface area contributed by atoms with Crippen molar-refractivity contribution >= 4 is 0 Å². The van der Waals surface area contributed by atoms with Crippen LogP contribution in [0.1, 0.15) is 5.69 Å². The molecule has 0 radical (unpaired) electrons. The smallest absolute Gasteiger partial charge is 0.323 e. The van der Waals surface area contributed by atoms with Crippen LogP contribution in [0.25, 0.3) is 0 Å². The largest absolute Gasteiger partial charge is 0.450 e. The molecule has 0 saturated heterocycles. The SMILES string of the molecule is Cc1c(Oc2ccc(F)cc2)c(Oc2ncc(F)cn2)nn1C. The minimum absolute atomic E-state index is 0.0616. The van der Waals surface area contributed by atoms with E-state index in [0.29, 0.717) is 17.2 Å². The summed E-state index contributed by atoms with van der Waals surface area (Å²) in [6.07, 6.45) is 1.97. The van der Waals surface area contributed by atoms with E-state index in [1.54, 1.807) is 18.7 Å². The fraction of sp³-hybridized carbons (Fsp3) is 0.133. The maximum Gasteiger partial charge on any atom is 0.323 e. The van der Waals surface area contributed by atoms with Gasteiger partial charge in [-0.15, -0.1) is 5.10 Å². The third-order valence-corrected chi connectivity index (χ3v) is 3.07. The Morgan fingerprint density at radius 2 is 1.61 bits per heavy atom. The van der Waals surface area contributed by atoms with Crippen LogP contribution in [0.5, 0.6) is 23.4 Å². The summed E-state index contributed by atoms with van der Waals surface area (Å²) in [5.41, 5.74) is 0.687. The topological polar surface area (TPSA) is 62.1 Å². The zero-order valence-electron chi connectivity index (χ0n) is 12.3. The predicted octanol–water partition coefficient (Wildman–Crippen LogP) is 3.38. The van der Waals surface area contributed by atoms with Gasteiger partial charge in [0.1, 0.15) is 11.6 Å². The third-order valence-electron chi connectivity index (χ3n) is 3.07. The Kier molecular flexibility index (Phi) is 3.88. The molecule has 0 N–H and O–H groups in total. The molecule has 0 spiro atoms. The number of halogens is 2. The highest BCUT2D eigenvalue weighted by molar-refractivity contribution is 5.43. The lowest BCUT2D eigenvalue weighted by Gasteiger charge is -2.07. The van der Waals surface area contributed by atoms with Crippen molar-refractivity contribution in [3.63, 3.8) is 0 Å². The molecule has 0 fully saturated rings. The van der Waals surface area contributed by atoms with Crippen LogP contribution in [0, 0.1) is 18.6 Å². The Morgan fingerprint density at radius 1 is 0.957 bits per heavy atom. The molecule has 23 heavy (non-hydrogen) atoms. The monoisotopic (exact) mass is 318 g/mol. The maximum atomic E-state index is 13.0. The summed E-state index contributed by atoms with van der Waals surface area (Å²) in [4.78, 5) is 7.42. The molecule has 0 atom stereocenters. The number of ether oxygens (including phenoxy) is 2. The van der Waals surface area contributed by atoms with Crippen molar-refractivity contribution in [1.82, 2.24) is 19.7 Å². The minimum Gasteiger partial charge on any atom is -0.450 e. The summed E-state index contributed by atoms with van der Waals surface area (Å²) in [5, 5.41) is 4.16. The first-order valence-electron chi connectivity index (χ1n) is 6.65. The first kappa shape index (κ1) is 14.9. The molecule has 0 aliphatic carbocycles. The van der Waals surface area contributed by atoms with Crippen molar-refractivity contribution < 1.29 is 18.3 Å². The molecule has 0 unspecified atom stereocenters. The molecule has 0 saturated carbocycles. The van der Waals surface area contributed by atoms with Gasteiger partial charge in [0.2, 0.25) is 5.75 Å². The molecule has 3 aromatic rings. The van der Waals surface area contributed by atoms with Gasteiger partial charge in [0.15, 0.2) is 5.82 Å². The van der Waals surface area contributed by atoms with E-state index in [1.165, 1.54) is 24.3 Å². The van der Waals surface area contributed by atoms with Crippen LogP contribution < -0.4 is 9.47 Å². The second-order valence-electron chi connectivity index (χ2n) is 4.69. The van der Waals surface area contributed by atoms with Crippen LogP contribution >= 0.6 is 0 Å². The lowest BCUT2D eigenvalue weighted by molar-refractivity contribution is 0.383. The Bertz CT molecular complexity index is 817. The van der Waals surface area contributed by atoms with Crippen molar-refractivity contribution in [2.75, 3.05) is 0 Å². The molecular weight excluding hydrogens is 306 g/mol. The molecule has 0 aliphatic heterocycles. The zero-order valence-corrected chi connectivity index (χ0v) is 12.3. The van der Waals surface area contributed by atoms with Gasteiger partial charge in [-0.3, -0.25) is 4.68 Å². The van der Waals surface area contributed by atoms with Crippen molar-refractivity contribution in [2.45, 2.75) is 6.92 Å². The maximum absolute atomic E-state index is 13.0. The predicted molar refractivity (Wildman–Crippen MR) is 76.5 cm³/mol. The molecule has 118 valence electrons. The number of aryl methyl sites for hydroxylation is 1. The molecule has 6 nitrogen and oxygen atoms in total. The summed E-state index contributed by atoms with van der Waals surface area (Å²) in [5.74, 6) is -0.0471. The van der Waals surface area contributed by atoms with E-state index in [2.05, 4.69) is 15.1 Å². The zero-order chi connectivity index (χ0) is 16.4. The van der Waals surface area contributed by atoms with Gasteiger partial charge in [0, 0.05) is 7.05 Å². The average Bonchev–Trinajstić information content (AvgIpc) is 2.79. The highest BCUT2D eigenvalue weighted by atomic mass is 19.1. The van der Waals surface area contributed by atoms with E-state index in [9.17, 15) is 8.78 Å². The molecule has 0 aliphatic rings. The van der Waals surface area contributed by atoms with Gasteiger partial charge >= 0.3 is 6.01 Å². The van der Waals surface area contributed by atoms with E-state index < -0.39 is 5.82 Å². The summed E-state index contributed by atoms with van der Waals surface area (Å²) in [6.45, 7) is 1.78. The second kappa shape index (κ2) is 5.99. The summed E-state index contributed by atoms with van der Waals surface area (Å²) >= 11 is 0. The van der Waals surface area contributed by atoms with Crippen LogP contribution in [-0.2, 0) is 7.05 Å². The molecule has 0 bridgehead atoms. The number of hydrogen-bond acceptors (Lipinski definition) is 5. The summed E-state index contributed by atoms with van der Waals surface area (Å²) in [6, 6.07) is 5.48. The quantitative estimate of drug-likeness (QED) is 0.738.